The van der Waals surface area contributed by atoms with E-state index >= 15 is 0 Å². The molecule has 1 fully saturated rings. The van der Waals surface area contributed by atoms with Crippen molar-refractivity contribution < 1.29 is 19.1 Å². The quantitative estimate of drug-likeness (QED) is 0.882. The van der Waals surface area contributed by atoms with Crippen LogP contribution in [0.1, 0.15) is 57.9 Å². The van der Waals surface area contributed by atoms with Gasteiger partial charge in [0.1, 0.15) is 11.4 Å². The Kier molecular flexibility index (Phi) is 5.70. The van der Waals surface area contributed by atoms with Gasteiger partial charge in [0.25, 0.3) is 0 Å². The predicted octanol–water partition coefficient (Wildman–Crippen LogP) is 3.70. The van der Waals surface area contributed by atoms with Gasteiger partial charge in [0.15, 0.2) is 0 Å². The van der Waals surface area contributed by atoms with Crippen LogP contribution in [0.5, 0.6) is 5.75 Å². The summed E-state index contributed by atoms with van der Waals surface area (Å²) >= 11 is 0. The first-order valence-electron chi connectivity index (χ1n) is 8.30. The Hall–Kier alpha value is -2.24. The third-order valence-electron chi connectivity index (χ3n) is 4.02. The Bertz CT molecular complexity index is 587. The van der Waals surface area contributed by atoms with Gasteiger partial charge in [-0.15, -0.1) is 0 Å². The van der Waals surface area contributed by atoms with Crippen molar-refractivity contribution in [3.8, 4) is 5.75 Å². The highest BCUT2D eigenvalue weighted by Crippen LogP contribution is 2.37. The molecule has 1 aliphatic carbocycles. The zero-order valence-corrected chi connectivity index (χ0v) is 14.5. The molecule has 0 radical (unpaired) electrons. The van der Waals surface area contributed by atoms with Gasteiger partial charge in [0, 0.05) is 6.04 Å². The minimum atomic E-state index is -0.803. The number of benzene rings is 1. The molecule has 2 rings (SSSR count). The maximum atomic E-state index is 11.8. The minimum absolute atomic E-state index is 0.111. The second-order valence-electron chi connectivity index (χ2n) is 7.15. The summed E-state index contributed by atoms with van der Waals surface area (Å²) in [6, 6.07) is 7.57. The van der Waals surface area contributed by atoms with Crippen LogP contribution < -0.4 is 15.8 Å². The summed E-state index contributed by atoms with van der Waals surface area (Å²) in [5, 5.41) is 2.93. The number of amides is 2. The Morgan fingerprint density at radius 1 is 1.12 bits per heavy atom. The van der Waals surface area contributed by atoms with E-state index in [9.17, 15) is 9.59 Å². The van der Waals surface area contributed by atoms with E-state index in [1.807, 2.05) is 39.0 Å². The number of ether oxygens (including phenoxy) is 2. The standard InChI is InChI=1S/C18H26N2O4/c1-18(2,3)24-17(22)20-13-10-8-12(9-11-13)14-6-4-5-7-15(14)23-16(19)21/h4-7,12-13H,8-11H2,1-3H3,(H2,19,21)(H,20,22). The monoisotopic (exact) mass is 334 g/mol. The molecule has 1 saturated carbocycles. The van der Waals surface area contributed by atoms with Gasteiger partial charge in [0.2, 0.25) is 0 Å². The molecular weight excluding hydrogens is 308 g/mol. The van der Waals surface area contributed by atoms with E-state index in [2.05, 4.69) is 5.32 Å². The molecule has 0 heterocycles. The summed E-state index contributed by atoms with van der Waals surface area (Å²) in [6.45, 7) is 5.54. The molecule has 3 N–H and O–H groups in total. The number of para-hydroxylation sites is 1. The first-order valence-corrected chi connectivity index (χ1v) is 8.30. The van der Waals surface area contributed by atoms with Crippen LogP contribution in [0.3, 0.4) is 0 Å². The first-order chi connectivity index (χ1) is 11.2. The molecule has 1 aromatic rings. The van der Waals surface area contributed by atoms with Gasteiger partial charge in [-0.3, -0.25) is 0 Å². The van der Waals surface area contributed by atoms with Crippen molar-refractivity contribution in [1.29, 1.82) is 0 Å². The number of nitrogens with two attached hydrogens (primary N) is 1. The molecule has 24 heavy (non-hydrogen) atoms. The minimum Gasteiger partial charge on any atom is -0.444 e. The third kappa shape index (κ3) is 5.44. The maximum Gasteiger partial charge on any atom is 0.409 e. The third-order valence-corrected chi connectivity index (χ3v) is 4.02. The number of hydrogen-bond acceptors (Lipinski definition) is 4. The van der Waals surface area contributed by atoms with Crippen molar-refractivity contribution >= 4 is 12.2 Å². The number of primary amides is 1. The highest BCUT2D eigenvalue weighted by atomic mass is 16.6. The van der Waals surface area contributed by atoms with E-state index in [1.54, 1.807) is 6.07 Å². The van der Waals surface area contributed by atoms with Crippen molar-refractivity contribution in [1.82, 2.24) is 5.32 Å². The fourth-order valence-electron chi connectivity index (χ4n) is 3.04. The highest BCUT2D eigenvalue weighted by molar-refractivity contribution is 5.69. The molecule has 132 valence electrons. The number of alkyl carbamates (subject to hydrolysis) is 1. The summed E-state index contributed by atoms with van der Waals surface area (Å²) in [5.74, 6) is 0.811. The molecule has 0 aromatic heterocycles. The van der Waals surface area contributed by atoms with E-state index < -0.39 is 11.7 Å². The molecule has 0 aliphatic heterocycles. The van der Waals surface area contributed by atoms with Gasteiger partial charge in [-0.25, -0.2) is 9.59 Å². The van der Waals surface area contributed by atoms with Crippen molar-refractivity contribution in [2.75, 3.05) is 0 Å². The van der Waals surface area contributed by atoms with E-state index in [4.69, 9.17) is 15.2 Å². The lowest BCUT2D eigenvalue weighted by molar-refractivity contribution is 0.0491. The summed E-state index contributed by atoms with van der Waals surface area (Å²) in [7, 11) is 0. The van der Waals surface area contributed by atoms with Gasteiger partial charge in [-0.05, 0) is 64.0 Å². The summed E-state index contributed by atoms with van der Waals surface area (Å²) in [6.07, 6.45) is 2.34. The fraction of sp³-hybridized carbons (Fsp3) is 0.556. The zero-order valence-electron chi connectivity index (χ0n) is 14.5. The molecule has 2 amide bonds. The van der Waals surface area contributed by atoms with Crippen LogP contribution in [0.2, 0.25) is 0 Å². The Balaban J connectivity index is 1.91. The van der Waals surface area contributed by atoms with E-state index in [1.165, 1.54) is 0 Å². The van der Waals surface area contributed by atoms with Gasteiger partial charge in [-0.1, -0.05) is 18.2 Å². The highest BCUT2D eigenvalue weighted by Gasteiger charge is 2.27. The predicted molar refractivity (Wildman–Crippen MR) is 91.0 cm³/mol. The summed E-state index contributed by atoms with van der Waals surface area (Å²) in [4.78, 5) is 22.9. The molecule has 0 unspecified atom stereocenters. The summed E-state index contributed by atoms with van der Waals surface area (Å²) < 4.78 is 10.4. The smallest absolute Gasteiger partial charge is 0.409 e. The van der Waals surface area contributed by atoms with Crippen molar-refractivity contribution in [2.45, 2.75) is 64.0 Å². The average molecular weight is 334 g/mol. The Morgan fingerprint density at radius 2 is 1.75 bits per heavy atom. The number of carbonyl (C=O) groups excluding carboxylic acids is 2. The van der Waals surface area contributed by atoms with Crippen molar-refractivity contribution in [3.05, 3.63) is 29.8 Å². The van der Waals surface area contributed by atoms with E-state index in [0.717, 1.165) is 31.2 Å². The van der Waals surface area contributed by atoms with Crippen LogP contribution in [0.4, 0.5) is 9.59 Å². The molecule has 0 atom stereocenters. The van der Waals surface area contributed by atoms with Gasteiger partial charge in [0.05, 0.1) is 0 Å². The zero-order chi connectivity index (χ0) is 17.7. The fourth-order valence-corrected chi connectivity index (χ4v) is 3.04. The molecule has 0 saturated heterocycles. The molecule has 0 spiro atoms. The summed E-state index contributed by atoms with van der Waals surface area (Å²) in [5.41, 5.74) is 5.63. The number of carbonyl (C=O) groups is 2. The second-order valence-corrected chi connectivity index (χ2v) is 7.15. The van der Waals surface area contributed by atoms with Gasteiger partial charge in [-0.2, -0.15) is 0 Å². The number of hydrogen-bond donors (Lipinski definition) is 2. The molecule has 1 aliphatic rings. The van der Waals surface area contributed by atoms with Crippen LogP contribution in [0, 0.1) is 0 Å². The maximum absolute atomic E-state index is 11.8. The molecule has 1 aromatic carbocycles. The normalized spacial score (nSPS) is 21.0. The van der Waals surface area contributed by atoms with Crippen LogP contribution in [0.15, 0.2) is 24.3 Å². The van der Waals surface area contributed by atoms with Crippen molar-refractivity contribution in [2.24, 2.45) is 5.73 Å². The van der Waals surface area contributed by atoms with Gasteiger partial charge < -0.3 is 20.5 Å². The largest absolute Gasteiger partial charge is 0.444 e. The van der Waals surface area contributed by atoms with E-state index in [-0.39, 0.29) is 18.1 Å². The van der Waals surface area contributed by atoms with Crippen LogP contribution in [0.25, 0.3) is 0 Å². The molecular formula is C18H26N2O4. The number of nitrogens with one attached hydrogen (secondary N) is 1. The Labute approximate surface area is 142 Å². The lowest BCUT2D eigenvalue weighted by Gasteiger charge is -2.30. The lowest BCUT2D eigenvalue weighted by Crippen LogP contribution is -2.40. The van der Waals surface area contributed by atoms with Crippen molar-refractivity contribution in [3.63, 3.8) is 0 Å². The van der Waals surface area contributed by atoms with Crippen LogP contribution in [-0.4, -0.2) is 23.8 Å². The van der Waals surface area contributed by atoms with Gasteiger partial charge >= 0.3 is 12.2 Å². The molecule has 6 heteroatoms. The first kappa shape index (κ1) is 18.1. The topological polar surface area (TPSA) is 90.7 Å². The SMILES string of the molecule is CC(C)(C)OC(=O)NC1CCC(c2ccccc2OC(N)=O)CC1. The van der Waals surface area contributed by atoms with Crippen LogP contribution in [-0.2, 0) is 4.74 Å². The lowest BCUT2D eigenvalue weighted by atomic mass is 9.81. The number of rotatable bonds is 3. The van der Waals surface area contributed by atoms with E-state index in [0.29, 0.717) is 5.75 Å². The second kappa shape index (κ2) is 7.55. The molecule has 6 nitrogen and oxygen atoms in total. The molecule has 0 bridgehead atoms. The Morgan fingerprint density at radius 3 is 2.33 bits per heavy atom. The van der Waals surface area contributed by atoms with Crippen LogP contribution >= 0.6 is 0 Å². The average Bonchev–Trinajstić information content (AvgIpc) is 2.46.